The normalized spacial score (nSPS) is 15.8. The van der Waals surface area contributed by atoms with Crippen LogP contribution >= 0.6 is 0 Å². The number of aliphatic hydroxyl groups is 1. The Hall–Kier alpha value is -3.01. The highest BCUT2D eigenvalue weighted by Crippen LogP contribution is 2.32. The van der Waals surface area contributed by atoms with Crippen molar-refractivity contribution in [3.8, 4) is 0 Å². The van der Waals surface area contributed by atoms with E-state index in [2.05, 4.69) is 20.3 Å². The highest BCUT2D eigenvalue weighted by atomic mass is 19.4. The van der Waals surface area contributed by atoms with Crippen molar-refractivity contribution in [2.75, 3.05) is 11.1 Å². The minimum absolute atomic E-state index is 0.220. The number of halogens is 3. The maximum absolute atomic E-state index is 12.7. The molecule has 1 aliphatic rings. The predicted molar refractivity (Wildman–Crippen MR) is 116 cm³/mol. The summed E-state index contributed by atoms with van der Waals surface area (Å²) in [4.78, 5) is 24.0. The Morgan fingerprint density at radius 3 is 2.44 bits per heavy atom. The molecule has 1 aliphatic carbocycles. The molecule has 2 aromatic rings. The van der Waals surface area contributed by atoms with Crippen LogP contribution in [0.15, 0.2) is 29.5 Å². The van der Waals surface area contributed by atoms with E-state index in [1.165, 1.54) is 20.3 Å². The highest BCUT2D eigenvalue weighted by molar-refractivity contribution is 6.04. The van der Waals surface area contributed by atoms with E-state index < -0.39 is 23.4 Å². The molecule has 10 heteroatoms. The number of carbonyl (C=O) groups excluding carboxylic acids is 1. The van der Waals surface area contributed by atoms with Crippen molar-refractivity contribution in [2.24, 2.45) is 4.99 Å². The van der Waals surface area contributed by atoms with Crippen LogP contribution in [0, 0.1) is 0 Å². The summed E-state index contributed by atoms with van der Waals surface area (Å²) in [6.07, 6.45) is 3.74. The van der Waals surface area contributed by atoms with Crippen molar-refractivity contribution in [3.05, 3.63) is 47.0 Å². The Morgan fingerprint density at radius 2 is 1.88 bits per heavy atom. The summed E-state index contributed by atoms with van der Waals surface area (Å²) >= 11 is 0. The molecule has 1 aromatic carbocycles. The third-order valence-corrected chi connectivity index (χ3v) is 5.30. The van der Waals surface area contributed by atoms with Crippen molar-refractivity contribution >= 4 is 23.5 Å². The van der Waals surface area contributed by atoms with Gasteiger partial charge in [-0.05, 0) is 38.8 Å². The van der Waals surface area contributed by atoms with E-state index in [-0.39, 0.29) is 17.4 Å². The third-order valence-electron chi connectivity index (χ3n) is 5.30. The number of amides is 1. The number of nitrogens with two attached hydrogens (primary N) is 1. The molecule has 0 atom stereocenters. The summed E-state index contributed by atoms with van der Waals surface area (Å²) in [6, 6.07) is 3.36. The van der Waals surface area contributed by atoms with Crippen molar-refractivity contribution in [2.45, 2.75) is 63.8 Å². The zero-order chi connectivity index (χ0) is 23.5. The Balaban J connectivity index is 1.89. The molecule has 0 unspecified atom stereocenters. The van der Waals surface area contributed by atoms with Gasteiger partial charge in [0.15, 0.2) is 5.69 Å². The molecular formula is C22H26F3N5O2. The van der Waals surface area contributed by atoms with Gasteiger partial charge in [0.1, 0.15) is 5.69 Å². The predicted octanol–water partition coefficient (Wildman–Crippen LogP) is 4.31. The van der Waals surface area contributed by atoms with Gasteiger partial charge in [0.05, 0.1) is 18.0 Å². The van der Waals surface area contributed by atoms with E-state index in [0.29, 0.717) is 23.0 Å². The maximum Gasteiger partial charge on any atom is 0.434 e. The number of hydrogen-bond acceptors (Lipinski definition) is 6. The molecule has 1 aromatic heterocycles. The Labute approximate surface area is 184 Å². The summed E-state index contributed by atoms with van der Waals surface area (Å²) in [7, 11) is 0. The number of nitrogens with one attached hydrogen (secondary N) is 1. The molecule has 3 rings (SSSR count). The smallest absolute Gasteiger partial charge is 0.398 e. The van der Waals surface area contributed by atoms with Crippen molar-refractivity contribution in [1.29, 1.82) is 0 Å². The largest absolute Gasteiger partial charge is 0.434 e. The van der Waals surface area contributed by atoms with Gasteiger partial charge in [0, 0.05) is 34.8 Å². The average molecular weight is 449 g/mol. The second-order valence-corrected chi connectivity index (χ2v) is 8.39. The first kappa shape index (κ1) is 23.6. The van der Waals surface area contributed by atoms with Crippen LogP contribution in [-0.2, 0) is 11.8 Å². The number of carbonyl (C=O) groups is 1. The molecule has 1 heterocycles. The zero-order valence-corrected chi connectivity index (χ0v) is 17.9. The van der Waals surface area contributed by atoms with Gasteiger partial charge in [0.25, 0.3) is 5.91 Å². The molecule has 7 nitrogen and oxygen atoms in total. The van der Waals surface area contributed by atoms with Crippen LogP contribution in [0.25, 0.3) is 0 Å². The van der Waals surface area contributed by atoms with Gasteiger partial charge in [-0.1, -0.05) is 19.3 Å². The summed E-state index contributed by atoms with van der Waals surface area (Å²) in [5, 5.41) is 13.1. The molecule has 1 saturated carbocycles. The van der Waals surface area contributed by atoms with Gasteiger partial charge in [0.2, 0.25) is 0 Å². The van der Waals surface area contributed by atoms with Crippen molar-refractivity contribution in [1.82, 2.24) is 9.97 Å². The van der Waals surface area contributed by atoms with Crippen LogP contribution in [0.3, 0.4) is 0 Å². The Bertz CT molecular complexity index is 992. The second-order valence-electron chi connectivity index (χ2n) is 8.39. The van der Waals surface area contributed by atoms with Crippen LogP contribution in [0.1, 0.15) is 73.3 Å². The summed E-state index contributed by atoms with van der Waals surface area (Å²) < 4.78 is 38.1. The minimum atomic E-state index is -4.65. The fourth-order valence-electron chi connectivity index (χ4n) is 3.55. The first-order valence-electron chi connectivity index (χ1n) is 10.4. The number of rotatable bonds is 5. The van der Waals surface area contributed by atoms with Crippen molar-refractivity contribution < 1.29 is 23.1 Å². The zero-order valence-electron chi connectivity index (χ0n) is 17.9. The lowest BCUT2D eigenvalue weighted by Crippen LogP contribution is -2.22. The van der Waals surface area contributed by atoms with E-state index in [1.54, 1.807) is 18.3 Å². The van der Waals surface area contributed by atoms with Gasteiger partial charge in [-0.15, -0.1) is 0 Å². The monoisotopic (exact) mass is 449 g/mol. The van der Waals surface area contributed by atoms with E-state index in [1.807, 2.05) is 0 Å². The Morgan fingerprint density at radius 1 is 1.19 bits per heavy atom. The molecule has 0 bridgehead atoms. The van der Waals surface area contributed by atoms with Gasteiger partial charge in [-0.25, -0.2) is 9.97 Å². The molecule has 1 fully saturated rings. The van der Waals surface area contributed by atoms with Crippen LogP contribution < -0.4 is 11.1 Å². The van der Waals surface area contributed by atoms with Crippen molar-refractivity contribution in [3.63, 3.8) is 0 Å². The number of nitrogens with zero attached hydrogens (tertiary/aromatic N) is 3. The van der Waals surface area contributed by atoms with E-state index >= 15 is 0 Å². The highest BCUT2D eigenvalue weighted by Gasteiger charge is 2.33. The van der Waals surface area contributed by atoms with Crippen LogP contribution in [0.5, 0.6) is 0 Å². The first-order chi connectivity index (χ1) is 14.9. The SMILES string of the molecule is CC(C)(O)c1cc(N)c(C=NC2CCCCC2)cc1NC(=O)c1cnc(C(F)(F)F)cn1. The number of hydrogen-bond donors (Lipinski definition) is 3. The molecule has 0 radical (unpaired) electrons. The molecule has 0 spiro atoms. The summed E-state index contributed by atoms with van der Waals surface area (Å²) in [5.74, 6) is -0.767. The fourth-order valence-corrected chi connectivity index (χ4v) is 3.55. The Kier molecular flexibility index (Phi) is 6.82. The first-order valence-corrected chi connectivity index (χ1v) is 10.4. The van der Waals surface area contributed by atoms with Gasteiger partial charge in [-0.2, -0.15) is 13.2 Å². The molecule has 0 aliphatic heterocycles. The standard InChI is InChI=1S/C22H26F3N5O2/c1-21(2,32)15-9-16(26)13(10-27-14-6-4-3-5-7-14)8-17(15)30-20(31)18-11-29-19(12-28-18)22(23,24)25/h8-12,14,32H,3-7,26H2,1-2H3,(H,30,31). The number of aliphatic imine (C=N–C) groups is 1. The summed E-state index contributed by atoms with van der Waals surface area (Å²) in [6.45, 7) is 3.07. The lowest BCUT2D eigenvalue weighted by atomic mass is 9.93. The molecule has 4 N–H and O–H groups in total. The van der Waals surface area contributed by atoms with Gasteiger partial charge < -0.3 is 16.2 Å². The van der Waals surface area contributed by atoms with Gasteiger partial charge in [-0.3, -0.25) is 9.79 Å². The number of anilines is 2. The molecule has 172 valence electrons. The number of alkyl halides is 3. The lowest BCUT2D eigenvalue weighted by Gasteiger charge is -2.23. The lowest BCUT2D eigenvalue weighted by molar-refractivity contribution is -0.141. The van der Waals surface area contributed by atoms with Crippen LogP contribution in [-0.4, -0.2) is 33.2 Å². The van der Waals surface area contributed by atoms with E-state index in [9.17, 15) is 23.1 Å². The van der Waals surface area contributed by atoms with Crippen LogP contribution in [0.4, 0.5) is 24.5 Å². The second kappa shape index (κ2) is 9.23. The summed E-state index contributed by atoms with van der Waals surface area (Å²) in [5.41, 5.74) is 4.87. The van der Waals surface area contributed by atoms with Crippen LogP contribution in [0.2, 0.25) is 0 Å². The van der Waals surface area contributed by atoms with Gasteiger partial charge >= 0.3 is 6.18 Å². The number of aromatic nitrogens is 2. The van der Waals surface area contributed by atoms with E-state index in [0.717, 1.165) is 31.9 Å². The molecule has 32 heavy (non-hydrogen) atoms. The maximum atomic E-state index is 12.7. The number of benzene rings is 1. The fraction of sp³-hybridized carbons (Fsp3) is 0.455. The number of nitrogen functional groups attached to an aromatic ring is 1. The molecule has 1 amide bonds. The third kappa shape index (κ3) is 5.82. The average Bonchev–Trinajstić information content (AvgIpc) is 2.73. The van der Waals surface area contributed by atoms with E-state index in [4.69, 9.17) is 5.73 Å². The minimum Gasteiger partial charge on any atom is -0.398 e. The quantitative estimate of drug-likeness (QED) is 0.465. The topological polar surface area (TPSA) is 113 Å². The molecular weight excluding hydrogens is 423 g/mol. The molecule has 0 saturated heterocycles.